The molecule has 0 saturated carbocycles. The van der Waals surface area contributed by atoms with Crippen molar-refractivity contribution in [1.82, 2.24) is 20.9 Å². The van der Waals surface area contributed by atoms with Crippen molar-refractivity contribution in [2.75, 3.05) is 13.1 Å². The molecule has 0 radical (unpaired) electrons. The Labute approximate surface area is 303 Å². The summed E-state index contributed by atoms with van der Waals surface area (Å²) in [4.78, 5) is 67.3. The molecule has 2 aromatic rings. The summed E-state index contributed by atoms with van der Waals surface area (Å²) in [7, 11) is 0. The lowest BCUT2D eigenvalue weighted by Crippen LogP contribution is -2.59. The van der Waals surface area contributed by atoms with Crippen molar-refractivity contribution < 1.29 is 33.4 Å². The second kappa shape index (κ2) is 19.4. The summed E-state index contributed by atoms with van der Waals surface area (Å²) in [5.41, 5.74) is 0.809. The summed E-state index contributed by atoms with van der Waals surface area (Å²) in [6.07, 6.45) is 2.87. The minimum atomic E-state index is -1.14. The van der Waals surface area contributed by atoms with E-state index in [1.54, 1.807) is 11.8 Å². The van der Waals surface area contributed by atoms with Crippen LogP contribution in [0.5, 0.6) is 0 Å². The first-order valence-corrected chi connectivity index (χ1v) is 18.1. The molecule has 0 aliphatic carbocycles. The van der Waals surface area contributed by atoms with E-state index in [4.69, 9.17) is 9.47 Å². The minimum Gasteiger partial charge on any atom is -0.444 e. The maximum atomic E-state index is 13.9. The van der Waals surface area contributed by atoms with E-state index >= 15 is 0 Å². The number of nitrogens with zero attached hydrogens (tertiary/aromatic N) is 1. The van der Waals surface area contributed by atoms with Gasteiger partial charge >= 0.3 is 6.09 Å². The molecule has 51 heavy (non-hydrogen) atoms. The van der Waals surface area contributed by atoms with Gasteiger partial charge < -0.3 is 35.1 Å². The standard InChI is InChI=1S/C40H58N4O7/c1-28(50-39(2,3)4)35(37(48)41-32(27-45)26-31-22-24-44(25-23-31)38(49)51-40(5,6)7)43-36(47)33(20-18-29-14-10-8-11-15-29)42-34(46)21-19-30-16-12-9-13-17-30/h8-17,27-28,31-33,35H,18-26H2,1-7H3,(H,41,48)(H,42,46)(H,43,47)/t28-,32+,33+,35+/m1/s1. The van der Waals surface area contributed by atoms with Crippen LogP contribution in [-0.2, 0) is 41.5 Å². The summed E-state index contributed by atoms with van der Waals surface area (Å²) in [6, 6.07) is 16.5. The van der Waals surface area contributed by atoms with Crippen molar-refractivity contribution in [3.63, 3.8) is 0 Å². The summed E-state index contributed by atoms with van der Waals surface area (Å²) < 4.78 is 11.6. The maximum Gasteiger partial charge on any atom is 0.410 e. The molecule has 0 unspecified atom stereocenters. The van der Waals surface area contributed by atoms with Crippen LogP contribution in [0.1, 0.15) is 91.7 Å². The Morgan fingerprint density at radius 3 is 1.90 bits per heavy atom. The molecule has 11 heteroatoms. The fourth-order valence-corrected chi connectivity index (χ4v) is 6.13. The molecular formula is C40H58N4O7. The summed E-state index contributed by atoms with van der Waals surface area (Å²) >= 11 is 0. The van der Waals surface area contributed by atoms with Crippen molar-refractivity contribution >= 4 is 30.1 Å². The van der Waals surface area contributed by atoms with Gasteiger partial charge in [0.2, 0.25) is 17.7 Å². The molecular weight excluding hydrogens is 648 g/mol. The molecule has 2 aromatic carbocycles. The predicted octanol–water partition coefficient (Wildman–Crippen LogP) is 5.15. The number of aryl methyl sites for hydroxylation is 2. The highest BCUT2D eigenvalue weighted by Gasteiger charge is 2.35. The van der Waals surface area contributed by atoms with Gasteiger partial charge in [0.1, 0.15) is 24.0 Å². The lowest BCUT2D eigenvalue weighted by Gasteiger charge is -2.35. The smallest absolute Gasteiger partial charge is 0.410 e. The van der Waals surface area contributed by atoms with Gasteiger partial charge in [0, 0.05) is 19.5 Å². The van der Waals surface area contributed by atoms with Crippen molar-refractivity contribution in [1.29, 1.82) is 0 Å². The average molecular weight is 707 g/mol. The molecule has 0 spiro atoms. The second-order valence-corrected chi connectivity index (χ2v) is 15.4. The van der Waals surface area contributed by atoms with Crippen LogP contribution in [0, 0.1) is 5.92 Å². The number of hydrogen-bond acceptors (Lipinski definition) is 7. The first-order valence-electron chi connectivity index (χ1n) is 18.1. The Morgan fingerprint density at radius 2 is 1.37 bits per heavy atom. The number of likely N-dealkylation sites (tertiary alicyclic amines) is 1. The first-order chi connectivity index (χ1) is 24.0. The minimum absolute atomic E-state index is 0.101. The molecule has 1 aliphatic heterocycles. The predicted molar refractivity (Wildman–Crippen MR) is 197 cm³/mol. The van der Waals surface area contributed by atoms with Crippen LogP contribution in [0.2, 0.25) is 0 Å². The molecule has 3 rings (SSSR count). The lowest BCUT2D eigenvalue weighted by atomic mass is 9.90. The van der Waals surface area contributed by atoms with Crippen molar-refractivity contribution in [3.8, 4) is 0 Å². The monoisotopic (exact) mass is 706 g/mol. The third-order valence-electron chi connectivity index (χ3n) is 8.63. The zero-order valence-electron chi connectivity index (χ0n) is 31.4. The largest absolute Gasteiger partial charge is 0.444 e. The van der Waals surface area contributed by atoms with Crippen LogP contribution >= 0.6 is 0 Å². The third kappa shape index (κ3) is 15.3. The molecule has 4 atom stereocenters. The summed E-state index contributed by atoms with van der Waals surface area (Å²) in [5, 5.41) is 8.59. The molecule has 1 saturated heterocycles. The van der Waals surface area contributed by atoms with Crippen LogP contribution in [0.3, 0.4) is 0 Å². The highest BCUT2D eigenvalue weighted by molar-refractivity contribution is 5.93. The SMILES string of the molecule is C[C@@H](OC(C)(C)C)[C@H](NC(=O)[C@H](CCc1ccccc1)NC(=O)CCc1ccccc1)C(=O)N[C@H](C=O)CC1CCN(C(=O)OC(C)(C)C)CC1. The number of aldehydes is 1. The van der Waals surface area contributed by atoms with Gasteiger partial charge in [-0.15, -0.1) is 0 Å². The van der Waals surface area contributed by atoms with Gasteiger partial charge in [-0.25, -0.2) is 4.79 Å². The first kappa shape index (κ1) is 41.2. The molecule has 3 N–H and O–H groups in total. The molecule has 0 aromatic heterocycles. The van der Waals surface area contributed by atoms with Gasteiger partial charge in [0.25, 0.3) is 0 Å². The van der Waals surface area contributed by atoms with E-state index in [2.05, 4.69) is 16.0 Å². The van der Waals surface area contributed by atoms with Gasteiger partial charge in [0.15, 0.2) is 0 Å². The maximum absolute atomic E-state index is 13.9. The van der Waals surface area contributed by atoms with Crippen LogP contribution in [-0.4, -0.2) is 83.5 Å². The fourth-order valence-electron chi connectivity index (χ4n) is 6.13. The van der Waals surface area contributed by atoms with E-state index in [1.165, 1.54) is 0 Å². The Morgan fingerprint density at radius 1 is 0.804 bits per heavy atom. The summed E-state index contributed by atoms with van der Waals surface area (Å²) in [6.45, 7) is 13.7. The van der Waals surface area contributed by atoms with Gasteiger partial charge in [-0.2, -0.15) is 0 Å². The Balaban J connectivity index is 1.70. The molecule has 0 bridgehead atoms. The lowest BCUT2D eigenvalue weighted by molar-refractivity contribution is -0.139. The number of carbonyl (C=O) groups is 5. The number of amides is 4. The van der Waals surface area contributed by atoms with Gasteiger partial charge in [-0.1, -0.05) is 60.7 Å². The Kier molecular flexibility index (Phi) is 15.6. The van der Waals surface area contributed by atoms with E-state index in [0.717, 1.165) is 11.1 Å². The number of carbonyl (C=O) groups excluding carboxylic acids is 5. The fraction of sp³-hybridized carbons (Fsp3) is 0.575. The molecule has 1 fully saturated rings. The number of ether oxygens (including phenoxy) is 2. The van der Waals surface area contributed by atoms with E-state index in [-0.39, 0.29) is 24.3 Å². The zero-order valence-corrected chi connectivity index (χ0v) is 31.4. The van der Waals surface area contributed by atoms with Crippen molar-refractivity contribution in [2.45, 2.75) is 129 Å². The molecule has 11 nitrogen and oxygen atoms in total. The number of nitrogens with one attached hydrogen (secondary N) is 3. The van der Waals surface area contributed by atoms with Gasteiger partial charge in [-0.05, 0) is 104 Å². The molecule has 1 heterocycles. The topological polar surface area (TPSA) is 143 Å². The second-order valence-electron chi connectivity index (χ2n) is 15.4. The number of piperidine rings is 1. The Hall–Kier alpha value is -4.25. The van der Waals surface area contributed by atoms with Crippen LogP contribution in [0.4, 0.5) is 4.79 Å². The Bertz CT molecular complexity index is 1410. The van der Waals surface area contributed by atoms with E-state index < -0.39 is 47.2 Å². The number of rotatable bonds is 16. The normalized spacial score (nSPS) is 16.3. The van der Waals surface area contributed by atoms with E-state index in [9.17, 15) is 24.0 Å². The number of hydrogen-bond donors (Lipinski definition) is 3. The van der Waals surface area contributed by atoms with Crippen LogP contribution in [0.25, 0.3) is 0 Å². The van der Waals surface area contributed by atoms with Crippen molar-refractivity contribution in [2.24, 2.45) is 5.92 Å². The van der Waals surface area contributed by atoms with Gasteiger partial charge in [-0.3, -0.25) is 14.4 Å². The molecule has 1 aliphatic rings. The van der Waals surface area contributed by atoms with Crippen molar-refractivity contribution in [3.05, 3.63) is 71.8 Å². The summed E-state index contributed by atoms with van der Waals surface area (Å²) in [5.74, 6) is -1.24. The highest BCUT2D eigenvalue weighted by Crippen LogP contribution is 2.24. The zero-order chi connectivity index (χ0) is 37.6. The van der Waals surface area contributed by atoms with E-state index in [1.807, 2.05) is 102 Å². The van der Waals surface area contributed by atoms with E-state index in [0.29, 0.717) is 57.9 Å². The quantitative estimate of drug-likeness (QED) is 0.205. The number of benzene rings is 2. The average Bonchev–Trinajstić information content (AvgIpc) is 3.07. The third-order valence-corrected chi connectivity index (χ3v) is 8.63. The van der Waals surface area contributed by atoms with Crippen LogP contribution < -0.4 is 16.0 Å². The highest BCUT2D eigenvalue weighted by atomic mass is 16.6. The van der Waals surface area contributed by atoms with Gasteiger partial charge in [0.05, 0.1) is 17.7 Å². The molecule has 280 valence electrons. The van der Waals surface area contributed by atoms with Crippen LogP contribution in [0.15, 0.2) is 60.7 Å². The molecule has 4 amide bonds.